The van der Waals surface area contributed by atoms with Crippen LogP contribution in [0.4, 0.5) is 0 Å². The zero-order valence-corrected chi connectivity index (χ0v) is 16.8. The van der Waals surface area contributed by atoms with Crippen LogP contribution in [0.5, 0.6) is 0 Å². The van der Waals surface area contributed by atoms with Gasteiger partial charge in [0.2, 0.25) is 0 Å². The largest absolute Gasteiger partial charge is 0.465 e. The summed E-state index contributed by atoms with van der Waals surface area (Å²) in [6.45, 7) is 7.62. The average molecular weight is 364 g/mol. The van der Waals surface area contributed by atoms with Crippen molar-refractivity contribution in [3.05, 3.63) is 0 Å². The van der Waals surface area contributed by atoms with Gasteiger partial charge in [0.05, 0.1) is 6.61 Å². The molecule has 0 aromatic carbocycles. The molecule has 0 radical (unpaired) electrons. The van der Waals surface area contributed by atoms with E-state index in [9.17, 15) is 19.1 Å². The minimum Gasteiger partial charge on any atom is -0.465 e. The normalized spacial score (nSPS) is 15.8. The van der Waals surface area contributed by atoms with Gasteiger partial charge in [-0.3, -0.25) is 9.36 Å². The van der Waals surface area contributed by atoms with E-state index < -0.39 is 24.6 Å². The van der Waals surface area contributed by atoms with Gasteiger partial charge >= 0.3 is 13.6 Å². The van der Waals surface area contributed by atoms with E-state index in [0.717, 1.165) is 19.3 Å². The lowest BCUT2D eigenvalue weighted by Gasteiger charge is -2.35. The monoisotopic (exact) mass is 364 g/mol. The highest BCUT2D eigenvalue weighted by Gasteiger charge is 2.56. The lowest BCUT2D eigenvalue weighted by Crippen LogP contribution is -2.45. The Kier molecular flexibility index (Phi) is 11.9. The molecule has 144 valence electrons. The third kappa shape index (κ3) is 6.85. The summed E-state index contributed by atoms with van der Waals surface area (Å²) in [5, 5.41) is -1.71. The molecular weight excluding hydrogens is 327 g/mol. The molecular formula is C18H37O5P. The average Bonchev–Trinajstić information content (AvgIpc) is 2.52. The quantitative estimate of drug-likeness (QED) is 0.256. The van der Waals surface area contributed by atoms with Gasteiger partial charge in [-0.05, 0) is 18.8 Å². The Morgan fingerprint density at radius 2 is 1.50 bits per heavy atom. The second-order valence-electron chi connectivity index (χ2n) is 6.74. The topological polar surface area (TPSA) is 83.8 Å². The lowest BCUT2D eigenvalue weighted by atomic mass is 9.88. The van der Waals surface area contributed by atoms with Crippen LogP contribution in [0, 0.1) is 5.92 Å². The van der Waals surface area contributed by atoms with Gasteiger partial charge < -0.3 is 14.5 Å². The summed E-state index contributed by atoms with van der Waals surface area (Å²) in [4.78, 5) is 31.9. The summed E-state index contributed by atoms with van der Waals surface area (Å²) in [6.07, 6.45) is 9.71. The van der Waals surface area contributed by atoms with Crippen LogP contribution in [0.15, 0.2) is 0 Å². The molecule has 2 unspecified atom stereocenters. The highest BCUT2D eigenvalue weighted by atomic mass is 31.2. The molecule has 2 atom stereocenters. The molecule has 0 spiro atoms. The molecule has 0 aliphatic carbocycles. The highest BCUT2D eigenvalue weighted by molar-refractivity contribution is 7.54. The minimum absolute atomic E-state index is 0.0859. The molecule has 6 heteroatoms. The van der Waals surface area contributed by atoms with E-state index in [0.29, 0.717) is 6.42 Å². The number of rotatable bonds is 14. The molecule has 0 bridgehead atoms. The molecule has 0 amide bonds. The van der Waals surface area contributed by atoms with E-state index in [4.69, 9.17) is 4.74 Å². The Balaban J connectivity index is 4.33. The van der Waals surface area contributed by atoms with Crippen LogP contribution in [-0.4, -0.2) is 27.5 Å². The SMILES string of the molecule is CCCCCCCCCCOC(=O)C(CC)(C(C)CC)P(=O)(O)O. The van der Waals surface area contributed by atoms with E-state index in [1.165, 1.54) is 32.1 Å². The minimum atomic E-state index is -4.59. The molecule has 2 N–H and O–H groups in total. The Labute approximate surface area is 147 Å². The van der Waals surface area contributed by atoms with Gasteiger partial charge in [-0.25, -0.2) is 0 Å². The van der Waals surface area contributed by atoms with Gasteiger partial charge in [0.25, 0.3) is 0 Å². The first-order chi connectivity index (χ1) is 11.3. The summed E-state index contributed by atoms with van der Waals surface area (Å²) in [5.41, 5.74) is 0. The number of esters is 1. The van der Waals surface area contributed by atoms with Crippen LogP contribution in [0.3, 0.4) is 0 Å². The lowest BCUT2D eigenvalue weighted by molar-refractivity contribution is -0.149. The highest BCUT2D eigenvalue weighted by Crippen LogP contribution is 2.57. The number of hydrogen-bond acceptors (Lipinski definition) is 3. The summed E-state index contributed by atoms with van der Waals surface area (Å²) >= 11 is 0. The number of unbranched alkanes of at least 4 members (excludes halogenated alkanes) is 7. The molecule has 0 aliphatic heterocycles. The maximum atomic E-state index is 12.4. The van der Waals surface area contributed by atoms with E-state index >= 15 is 0 Å². The van der Waals surface area contributed by atoms with Crippen LogP contribution in [0.2, 0.25) is 0 Å². The van der Waals surface area contributed by atoms with Crippen molar-refractivity contribution < 1.29 is 23.9 Å². The fourth-order valence-electron chi connectivity index (χ4n) is 3.17. The molecule has 5 nitrogen and oxygen atoms in total. The fourth-order valence-corrected chi connectivity index (χ4v) is 4.64. The summed E-state index contributed by atoms with van der Waals surface area (Å²) < 4.78 is 17.2. The molecule has 0 fully saturated rings. The van der Waals surface area contributed by atoms with Crippen molar-refractivity contribution in [3.63, 3.8) is 0 Å². The fraction of sp³-hybridized carbons (Fsp3) is 0.944. The third-order valence-electron chi connectivity index (χ3n) is 5.07. The van der Waals surface area contributed by atoms with Crippen molar-refractivity contribution in [2.45, 2.75) is 97.1 Å². The maximum absolute atomic E-state index is 12.4. The Morgan fingerprint density at radius 1 is 1.00 bits per heavy atom. The van der Waals surface area contributed by atoms with Crippen molar-refractivity contribution in [2.24, 2.45) is 5.92 Å². The molecule has 0 aliphatic rings. The van der Waals surface area contributed by atoms with Crippen LogP contribution in [0.1, 0.15) is 91.9 Å². The van der Waals surface area contributed by atoms with Gasteiger partial charge in [0.15, 0.2) is 5.16 Å². The Hall–Kier alpha value is -0.380. The number of ether oxygens (including phenoxy) is 1. The van der Waals surface area contributed by atoms with Gasteiger partial charge in [-0.15, -0.1) is 0 Å². The first-order valence-corrected chi connectivity index (χ1v) is 11.1. The van der Waals surface area contributed by atoms with Crippen molar-refractivity contribution in [1.29, 1.82) is 0 Å². The number of carbonyl (C=O) groups excluding carboxylic acids is 1. The molecule has 0 aromatic rings. The van der Waals surface area contributed by atoms with Crippen LogP contribution >= 0.6 is 7.60 Å². The van der Waals surface area contributed by atoms with E-state index in [1.54, 1.807) is 13.8 Å². The molecule has 0 heterocycles. The van der Waals surface area contributed by atoms with Crippen molar-refractivity contribution in [1.82, 2.24) is 0 Å². The maximum Gasteiger partial charge on any atom is 0.343 e. The van der Waals surface area contributed by atoms with Crippen LogP contribution < -0.4 is 0 Å². The zero-order chi connectivity index (χ0) is 18.6. The summed E-state index contributed by atoms with van der Waals surface area (Å²) in [5.74, 6) is -1.16. The van der Waals surface area contributed by atoms with E-state index in [-0.39, 0.29) is 13.0 Å². The van der Waals surface area contributed by atoms with Crippen LogP contribution in [0.25, 0.3) is 0 Å². The van der Waals surface area contributed by atoms with Gasteiger partial charge in [-0.1, -0.05) is 79.1 Å². The standard InChI is InChI=1S/C18H37O5P/c1-5-8-9-10-11-12-13-14-15-23-17(19)18(7-3,16(4)6-2)24(20,21)22/h16H,5-15H2,1-4H3,(H2,20,21,22). The van der Waals surface area contributed by atoms with Crippen LogP contribution in [-0.2, 0) is 14.1 Å². The predicted octanol–water partition coefficient (Wildman–Crippen LogP) is 5.04. The second-order valence-corrected chi connectivity index (χ2v) is 8.63. The number of carbonyl (C=O) groups is 1. The molecule has 0 rings (SSSR count). The molecule has 24 heavy (non-hydrogen) atoms. The van der Waals surface area contributed by atoms with E-state index in [2.05, 4.69) is 6.92 Å². The molecule has 0 saturated heterocycles. The molecule has 0 saturated carbocycles. The van der Waals surface area contributed by atoms with Gasteiger partial charge in [-0.2, -0.15) is 0 Å². The predicted molar refractivity (Wildman–Crippen MR) is 98.1 cm³/mol. The first kappa shape index (κ1) is 23.6. The van der Waals surface area contributed by atoms with E-state index in [1.807, 2.05) is 6.92 Å². The smallest absolute Gasteiger partial charge is 0.343 e. The first-order valence-electron chi connectivity index (χ1n) is 9.50. The van der Waals surface area contributed by atoms with Gasteiger partial charge in [0.1, 0.15) is 0 Å². The summed E-state index contributed by atoms with van der Waals surface area (Å²) in [7, 11) is -4.59. The molecule has 0 aromatic heterocycles. The van der Waals surface area contributed by atoms with Crippen molar-refractivity contribution in [2.75, 3.05) is 6.61 Å². The Morgan fingerprint density at radius 3 is 1.92 bits per heavy atom. The van der Waals surface area contributed by atoms with Gasteiger partial charge in [0, 0.05) is 0 Å². The second kappa shape index (κ2) is 12.1. The van der Waals surface area contributed by atoms with Crippen molar-refractivity contribution in [3.8, 4) is 0 Å². The zero-order valence-electron chi connectivity index (χ0n) is 15.9. The summed E-state index contributed by atoms with van der Waals surface area (Å²) in [6, 6.07) is 0. The third-order valence-corrected chi connectivity index (χ3v) is 7.05. The number of hydrogen-bond donors (Lipinski definition) is 2. The van der Waals surface area contributed by atoms with Crippen molar-refractivity contribution >= 4 is 13.6 Å². The Bertz CT molecular complexity index is 393.